The van der Waals surface area contributed by atoms with Crippen molar-refractivity contribution in [3.63, 3.8) is 0 Å². The lowest BCUT2D eigenvalue weighted by molar-refractivity contribution is 0.392. The van der Waals surface area contributed by atoms with Crippen LogP contribution in [0.1, 0.15) is 19.4 Å². The average molecular weight is 473 g/mol. The van der Waals surface area contributed by atoms with Crippen LogP contribution in [0.5, 0.6) is 0 Å². The molecule has 0 aromatic heterocycles. The molecule has 2 N–H and O–H groups in total. The number of rotatable bonds is 11. The molecule has 0 bridgehead atoms. The van der Waals surface area contributed by atoms with Gasteiger partial charge in [0.2, 0.25) is 0 Å². The molecule has 0 amide bonds. The first-order chi connectivity index (χ1) is 13.9. The van der Waals surface area contributed by atoms with Crippen LogP contribution in [-0.2, 0) is 9.05 Å². The predicted molar refractivity (Wildman–Crippen MR) is 134 cm³/mol. The minimum Gasteiger partial charge on any atom is -0.345 e. The molecule has 160 valence electrons. The van der Waals surface area contributed by atoms with Crippen molar-refractivity contribution in [3.05, 3.63) is 59.7 Å². The van der Waals surface area contributed by atoms with Crippen LogP contribution >= 0.6 is 41.0 Å². The summed E-state index contributed by atoms with van der Waals surface area (Å²) >= 11 is 11.1. The number of hydrazine groups is 2. The number of hydrogen-bond donors (Lipinski definition) is 2. The van der Waals surface area contributed by atoms with E-state index in [2.05, 4.69) is 10.4 Å². The Balaban J connectivity index is 2.70. The van der Waals surface area contributed by atoms with Crippen molar-refractivity contribution in [1.82, 2.24) is 20.4 Å². The molecule has 0 spiro atoms. The van der Waals surface area contributed by atoms with E-state index in [1.54, 1.807) is 14.2 Å². The van der Waals surface area contributed by atoms with Gasteiger partial charge >= 0.3 is 0 Å². The Morgan fingerprint density at radius 1 is 1.00 bits per heavy atom. The summed E-state index contributed by atoms with van der Waals surface area (Å²) in [6, 6.07) is 9.87. The highest BCUT2D eigenvalue weighted by molar-refractivity contribution is 7.81. The van der Waals surface area contributed by atoms with Crippen molar-refractivity contribution in [2.24, 2.45) is 0 Å². The maximum Gasteiger partial charge on any atom is 0.127 e. The fourth-order valence-corrected chi connectivity index (χ4v) is 6.19. The van der Waals surface area contributed by atoms with Gasteiger partial charge in [0.05, 0.1) is 5.90 Å². The lowest BCUT2D eigenvalue weighted by Gasteiger charge is -2.31. The quantitative estimate of drug-likeness (QED) is 0.154. The first-order valence-electron chi connectivity index (χ1n) is 8.93. The average Bonchev–Trinajstić information content (AvgIpc) is 2.75. The van der Waals surface area contributed by atoms with E-state index >= 15 is 0 Å². The van der Waals surface area contributed by atoms with E-state index in [0.717, 1.165) is 11.1 Å². The van der Waals surface area contributed by atoms with Crippen LogP contribution in [0.4, 0.5) is 0 Å². The van der Waals surface area contributed by atoms with Crippen LogP contribution in [0.25, 0.3) is 0 Å². The number of thiocarbonyl (C=S) groups is 2. The zero-order chi connectivity index (χ0) is 21.8. The zero-order valence-corrected chi connectivity index (χ0v) is 21.2. The Labute approximate surface area is 188 Å². The molecule has 1 aromatic carbocycles. The van der Waals surface area contributed by atoms with Gasteiger partial charge in [-0.05, 0) is 13.8 Å². The molecule has 29 heavy (non-hydrogen) atoms. The summed E-state index contributed by atoms with van der Waals surface area (Å²) in [6.07, 6.45) is 5.94. The van der Waals surface area contributed by atoms with Crippen LogP contribution in [0.3, 0.4) is 0 Å². The Hall–Kier alpha value is -0.820. The molecule has 0 heterocycles. The second-order valence-electron chi connectivity index (χ2n) is 5.80. The molecule has 0 saturated carbocycles. The summed E-state index contributed by atoms with van der Waals surface area (Å²) in [6.45, 7) is 3.93. The van der Waals surface area contributed by atoms with Crippen LogP contribution in [0.2, 0.25) is 0 Å². The van der Waals surface area contributed by atoms with E-state index < -0.39 is 16.6 Å². The second-order valence-corrected chi connectivity index (χ2v) is 10.4. The summed E-state index contributed by atoms with van der Waals surface area (Å²) in [4.78, 5) is 1.40. The maximum absolute atomic E-state index is 5.66. The third kappa shape index (κ3) is 8.83. The Morgan fingerprint density at radius 2 is 1.55 bits per heavy atom. The van der Waals surface area contributed by atoms with E-state index in [4.69, 9.17) is 33.5 Å². The number of benzene rings is 1. The van der Waals surface area contributed by atoms with Crippen molar-refractivity contribution in [2.75, 3.05) is 34.2 Å². The molecular weight excluding hydrogens is 442 g/mol. The number of hydrogen-bond acceptors (Lipinski definition) is 6. The summed E-state index contributed by atoms with van der Waals surface area (Å²) in [5.41, 5.74) is 1.95. The van der Waals surface area contributed by atoms with Crippen molar-refractivity contribution >= 4 is 51.0 Å². The minimum absolute atomic E-state index is 0.654. The van der Waals surface area contributed by atoms with Crippen LogP contribution in [0.15, 0.2) is 54.1 Å². The summed E-state index contributed by atoms with van der Waals surface area (Å²) in [7, 11) is 5.12. The Kier molecular flexibility index (Phi) is 12.9. The number of nitrogens with one attached hydrogen (secondary N) is 2. The van der Waals surface area contributed by atoms with E-state index in [1.807, 2.05) is 86.5 Å². The fourth-order valence-electron chi connectivity index (χ4n) is 2.24. The van der Waals surface area contributed by atoms with Crippen molar-refractivity contribution in [1.29, 1.82) is 0 Å². The van der Waals surface area contributed by atoms with Gasteiger partial charge in [-0.2, -0.15) is 10.4 Å². The highest BCUT2D eigenvalue weighted by Crippen LogP contribution is 2.47. The SMILES string of the molecule is C/C=C\C(=C/C)C(=S)N(C)NP(CP(NN(C)C(=S)c1ccccc1)OC)OC. The largest absolute Gasteiger partial charge is 0.345 e. The molecular formula is C19H30N4O2P2S2. The van der Waals surface area contributed by atoms with Crippen molar-refractivity contribution < 1.29 is 9.05 Å². The maximum atomic E-state index is 5.66. The number of likely N-dealkylation sites (N-methyl/N-ethyl adjacent to an activating group) is 1. The lowest BCUT2D eigenvalue weighted by atomic mass is 10.2. The van der Waals surface area contributed by atoms with Gasteiger partial charge in [0.15, 0.2) is 0 Å². The van der Waals surface area contributed by atoms with Gasteiger partial charge < -0.3 is 9.05 Å². The summed E-state index contributed by atoms with van der Waals surface area (Å²) < 4.78 is 11.3. The standard InChI is InChI=1S/C19H30N4O2P2S2/c1-7-12-16(8-2)18(28)22(3)20-26(24-5)15-27(25-6)21-23(4)19(29)17-13-10-9-11-14-17/h7-14,20-21H,15H2,1-6H3/b12-7-,16-8+. The van der Waals surface area contributed by atoms with Gasteiger partial charge in [-0.25, -0.2) is 0 Å². The molecule has 0 fully saturated rings. The monoisotopic (exact) mass is 472 g/mol. The van der Waals surface area contributed by atoms with Crippen LogP contribution < -0.4 is 10.4 Å². The number of nitrogens with zero attached hydrogens (tertiary/aromatic N) is 2. The summed E-state index contributed by atoms with van der Waals surface area (Å²) in [5, 5.41) is 10.3. The highest BCUT2D eigenvalue weighted by Gasteiger charge is 2.21. The minimum atomic E-state index is -1.01. The smallest absolute Gasteiger partial charge is 0.127 e. The van der Waals surface area contributed by atoms with Gasteiger partial charge in [-0.3, -0.25) is 10.0 Å². The molecule has 0 aliphatic rings. The predicted octanol–water partition coefficient (Wildman–Crippen LogP) is 4.96. The van der Waals surface area contributed by atoms with Gasteiger partial charge in [-0.15, -0.1) is 0 Å². The van der Waals surface area contributed by atoms with Gasteiger partial charge in [0.1, 0.15) is 26.6 Å². The van der Waals surface area contributed by atoms with E-state index in [-0.39, 0.29) is 0 Å². The topological polar surface area (TPSA) is 49.0 Å². The van der Waals surface area contributed by atoms with Gasteiger partial charge in [-0.1, -0.05) is 73.0 Å². The normalized spacial score (nSPS) is 13.9. The molecule has 0 radical (unpaired) electrons. The molecule has 0 aliphatic carbocycles. The first-order valence-corrected chi connectivity index (χ1v) is 12.6. The number of allylic oxidation sites excluding steroid dienone is 2. The second kappa shape index (κ2) is 14.2. The molecule has 1 rings (SSSR count). The van der Waals surface area contributed by atoms with Gasteiger partial charge in [0.25, 0.3) is 0 Å². The summed E-state index contributed by atoms with van der Waals surface area (Å²) in [5.74, 6) is 0.654. The Morgan fingerprint density at radius 3 is 2.03 bits per heavy atom. The highest BCUT2D eigenvalue weighted by atomic mass is 32.1. The van der Waals surface area contributed by atoms with Crippen molar-refractivity contribution in [2.45, 2.75) is 13.8 Å². The lowest BCUT2D eigenvalue weighted by Crippen LogP contribution is -2.38. The van der Waals surface area contributed by atoms with E-state index in [1.165, 1.54) is 0 Å². The molecule has 1 aromatic rings. The van der Waals surface area contributed by atoms with Gasteiger partial charge in [0, 0.05) is 39.5 Å². The van der Waals surface area contributed by atoms with Crippen LogP contribution in [0, 0.1) is 0 Å². The van der Waals surface area contributed by atoms with Crippen molar-refractivity contribution in [3.8, 4) is 0 Å². The molecule has 0 aliphatic heterocycles. The van der Waals surface area contributed by atoms with E-state index in [9.17, 15) is 0 Å². The molecule has 10 heteroatoms. The fraction of sp³-hybridized carbons (Fsp3) is 0.368. The van der Waals surface area contributed by atoms with Crippen LogP contribution in [-0.4, -0.2) is 54.2 Å². The first kappa shape index (κ1) is 26.2. The zero-order valence-electron chi connectivity index (χ0n) is 17.7. The molecule has 2 unspecified atom stereocenters. The molecule has 2 atom stereocenters. The molecule has 0 saturated heterocycles. The van der Waals surface area contributed by atoms with E-state index in [0.29, 0.717) is 15.9 Å². The molecule has 6 nitrogen and oxygen atoms in total. The third-order valence-electron chi connectivity index (χ3n) is 3.75. The Bertz CT molecular complexity index is 719. The third-order valence-corrected chi connectivity index (χ3v) is 8.76.